The number of nitriles is 2. The minimum atomic E-state index is -3.91. The Hall–Kier alpha value is -2.49. The summed E-state index contributed by atoms with van der Waals surface area (Å²) in [5.74, 6) is -3.74. The Labute approximate surface area is 158 Å². The van der Waals surface area contributed by atoms with Gasteiger partial charge >= 0.3 is 0 Å². The number of carbonyl (C=O) groups is 1. The van der Waals surface area contributed by atoms with E-state index in [0.29, 0.717) is 17.5 Å². The van der Waals surface area contributed by atoms with Crippen molar-refractivity contribution in [2.45, 2.75) is 49.0 Å². The molecule has 7 nitrogen and oxygen atoms in total. The highest BCUT2D eigenvalue weighted by atomic mass is 32.2. The van der Waals surface area contributed by atoms with Gasteiger partial charge in [-0.2, -0.15) is 10.5 Å². The number of hydrogen-bond acceptors (Lipinski definition) is 6. The van der Waals surface area contributed by atoms with Crippen LogP contribution in [0.2, 0.25) is 0 Å². The summed E-state index contributed by atoms with van der Waals surface area (Å²) in [6.07, 6.45) is 0.182. The molecule has 0 saturated carbocycles. The molecule has 0 spiro atoms. The first-order valence-corrected chi connectivity index (χ1v) is 10.0. The number of halogens is 1. The third-order valence-corrected chi connectivity index (χ3v) is 7.58. The highest BCUT2D eigenvalue weighted by Crippen LogP contribution is 2.33. The van der Waals surface area contributed by atoms with Crippen molar-refractivity contribution in [3.05, 3.63) is 35.4 Å². The molecule has 0 aromatic heterocycles. The van der Waals surface area contributed by atoms with Crippen LogP contribution in [0.3, 0.4) is 0 Å². The molecular formula is C18H21FN4O3S. The molecule has 27 heavy (non-hydrogen) atoms. The molecule has 2 atom stereocenters. The van der Waals surface area contributed by atoms with Gasteiger partial charge < -0.3 is 5.73 Å². The van der Waals surface area contributed by atoms with Crippen LogP contribution in [0, 0.1) is 22.7 Å². The predicted octanol–water partition coefficient (Wildman–Crippen LogP) is 1.39. The predicted molar refractivity (Wildman–Crippen MR) is 96.2 cm³/mol. The van der Waals surface area contributed by atoms with Crippen LogP contribution in [0.5, 0.6) is 0 Å². The summed E-state index contributed by atoms with van der Waals surface area (Å²) in [6.45, 7) is 2.65. The van der Waals surface area contributed by atoms with Gasteiger partial charge in [-0.3, -0.25) is 9.69 Å². The molecule has 0 bridgehead atoms. The molecule has 0 radical (unpaired) electrons. The fraction of sp³-hybridized carbons (Fsp3) is 0.500. The normalized spacial score (nSPS) is 21.3. The molecule has 144 valence electrons. The molecule has 1 heterocycles. The van der Waals surface area contributed by atoms with E-state index in [2.05, 4.69) is 0 Å². The maximum Gasteiger partial charge on any atom is 0.271 e. The Morgan fingerprint density at radius 2 is 1.96 bits per heavy atom. The molecule has 0 aliphatic carbocycles. The van der Waals surface area contributed by atoms with E-state index < -0.39 is 32.3 Å². The molecule has 1 aliphatic rings. The zero-order valence-electron chi connectivity index (χ0n) is 15.1. The third kappa shape index (κ3) is 3.80. The lowest BCUT2D eigenvalue weighted by Crippen LogP contribution is -2.60. The number of carbonyl (C=O) groups excluding carboxylic acids is 1. The van der Waals surface area contributed by atoms with Crippen LogP contribution in [0.25, 0.3) is 0 Å². The highest BCUT2D eigenvalue weighted by Gasteiger charge is 2.51. The van der Waals surface area contributed by atoms with Gasteiger partial charge in [0, 0.05) is 13.0 Å². The molecule has 1 fully saturated rings. The first-order valence-electron chi connectivity index (χ1n) is 8.37. The summed E-state index contributed by atoms with van der Waals surface area (Å²) in [5, 5.41) is 17.8. The molecule has 1 amide bonds. The maximum absolute atomic E-state index is 14.5. The number of amides is 1. The number of nitrogens with two attached hydrogens (primary N) is 1. The van der Waals surface area contributed by atoms with Crippen LogP contribution < -0.4 is 5.73 Å². The second-order valence-corrected chi connectivity index (χ2v) is 9.68. The fourth-order valence-electron chi connectivity index (χ4n) is 2.92. The van der Waals surface area contributed by atoms with Gasteiger partial charge in [-0.1, -0.05) is 12.1 Å². The summed E-state index contributed by atoms with van der Waals surface area (Å²) in [5.41, 5.74) is 6.79. The average molecular weight is 392 g/mol. The van der Waals surface area contributed by atoms with E-state index in [9.17, 15) is 17.6 Å². The van der Waals surface area contributed by atoms with Crippen LogP contribution in [-0.4, -0.2) is 42.4 Å². The lowest BCUT2D eigenvalue weighted by molar-refractivity contribution is -0.140. The molecule has 1 aliphatic heterocycles. The summed E-state index contributed by atoms with van der Waals surface area (Å²) in [7, 11) is -3.91. The Morgan fingerprint density at radius 1 is 1.37 bits per heavy atom. The van der Waals surface area contributed by atoms with Crippen molar-refractivity contribution in [2.75, 3.05) is 6.54 Å². The van der Waals surface area contributed by atoms with E-state index in [1.807, 2.05) is 6.07 Å². The summed E-state index contributed by atoms with van der Waals surface area (Å²) in [4.78, 5) is 13.4. The van der Waals surface area contributed by atoms with E-state index in [4.69, 9.17) is 16.3 Å². The van der Waals surface area contributed by atoms with E-state index in [1.165, 1.54) is 44.2 Å². The van der Waals surface area contributed by atoms with Crippen LogP contribution in [0.1, 0.15) is 37.8 Å². The second-order valence-electron chi connectivity index (χ2n) is 7.11. The number of benzene rings is 1. The Kier molecular flexibility index (Phi) is 5.60. The maximum atomic E-state index is 14.5. The largest absolute Gasteiger partial charge is 0.319 e. The van der Waals surface area contributed by atoms with E-state index in [0.717, 1.165) is 4.90 Å². The quantitative estimate of drug-likeness (QED) is 0.754. The number of rotatable bonds is 5. The number of hydrogen-bond donors (Lipinski definition) is 1. The zero-order valence-corrected chi connectivity index (χ0v) is 16.0. The third-order valence-electron chi connectivity index (χ3n) is 5.01. The van der Waals surface area contributed by atoms with Gasteiger partial charge in [0.1, 0.15) is 12.1 Å². The molecule has 9 heteroatoms. The lowest BCUT2D eigenvalue weighted by Gasteiger charge is -2.35. The second kappa shape index (κ2) is 7.26. The van der Waals surface area contributed by atoms with Gasteiger partial charge in [-0.15, -0.1) is 0 Å². The van der Waals surface area contributed by atoms with Crippen LogP contribution in [0.15, 0.2) is 24.3 Å². The van der Waals surface area contributed by atoms with Gasteiger partial charge in [-0.05, 0) is 38.0 Å². The number of alkyl halides is 1. The Morgan fingerprint density at radius 3 is 2.48 bits per heavy atom. The van der Waals surface area contributed by atoms with Crippen molar-refractivity contribution >= 4 is 15.7 Å². The molecule has 2 N–H and O–H groups in total. The summed E-state index contributed by atoms with van der Waals surface area (Å²) >= 11 is 0. The van der Waals surface area contributed by atoms with Gasteiger partial charge in [0.05, 0.1) is 22.1 Å². The molecular weight excluding hydrogens is 371 g/mol. The molecule has 0 unspecified atom stereocenters. The van der Waals surface area contributed by atoms with E-state index in [-0.39, 0.29) is 18.7 Å². The monoisotopic (exact) mass is 392 g/mol. The zero-order chi connectivity index (χ0) is 20.5. The molecule has 1 saturated heterocycles. The fourth-order valence-corrected chi connectivity index (χ4v) is 4.42. The van der Waals surface area contributed by atoms with E-state index >= 15 is 0 Å². The van der Waals surface area contributed by atoms with Crippen LogP contribution in [-0.2, 0) is 20.4 Å². The average Bonchev–Trinajstić information content (AvgIpc) is 3.03. The molecule has 1 aromatic carbocycles. The lowest BCUT2D eigenvalue weighted by atomic mass is 10.0. The molecule has 2 rings (SSSR count). The first-order chi connectivity index (χ1) is 12.5. The number of sulfone groups is 1. The topological polar surface area (TPSA) is 128 Å². The minimum absolute atomic E-state index is 0.0162. The van der Waals surface area contributed by atoms with Crippen molar-refractivity contribution in [3.8, 4) is 12.1 Å². The summed E-state index contributed by atoms with van der Waals surface area (Å²) < 4.78 is 38.6. The van der Waals surface area contributed by atoms with Gasteiger partial charge in [0.2, 0.25) is 5.91 Å². The van der Waals surface area contributed by atoms with Crippen molar-refractivity contribution in [1.82, 2.24) is 4.90 Å². The van der Waals surface area contributed by atoms with Crippen molar-refractivity contribution in [2.24, 2.45) is 5.73 Å². The van der Waals surface area contributed by atoms with Gasteiger partial charge in [-0.25, -0.2) is 12.8 Å². The number of nitrogens with zero attached hydrogens (tertiary/aromatic N) is 3. The van der Waals surface area contributed by atoms with Crippen LogP contribution >= 0.6 is 0 Å². The van der Waals surface area contributed by atoms with Gasteiger partial charge in [0.15, 0.2) is 9.84 Å². The first kappa shape index (κ1) is 20.8. The van der Waals surface area contributed by atoms with Gasteiger partial charge in [0.25, 0.3) is 5.79 Å². The number of likely N-dealkylation sites (tertiary alicyclic amines) is 1. The van der Waals surface area contributed by atoms with Crippen molar-refractivity contribution < 1.29 is 17.6 Å². The van der Waals surface area contributed by atoms with Crippen LogP contribution in [0.4, 0.5) is 4.39 Å². The van der Waals surface area contributed by atoms with E-state index in [1.54, 1.807) is 0 Å². The molecule has 1 aromatic rings. The smallest absolute Gasteiger partial charge is 0.271 e. The van der Waals surface area contributed by atoms with Crippen molar-refractivity contribution in [1.29, 1.82) is 10.5 Å². The Balaban J connectivity index is 2.25. The highest BCUT2D eigenvalue weighted by molar-refractivity contribution is 7.92. The Bertz CT molecular complexity index is 915. The van der Waals surface area contributed by atoms with Crippen molar-refractivity contribution in [3.63, 3.8) is 0 Å². The SMILES string of the molecule is CC(C)([C@H](N)C(=O)N1CCC[C@]1(F)C#N)S(=O)(=O)Cc1ccc(C#N)cc1. The summed E-state index contributed by atoms with van der Waals surface area (Å²) in [6, 6.07) is 7.92. The standard InChI is InChI=1S/C18H21FN4O3S/c1-17(2,15(22)16(24)23-9-3-8-18(23,19)12-21)27(25,26)11-14-6-4-13(10-20)5-7-14/h4-7,15H,3,8-9,11,22H2,1-2H3/t15-,18-/m1/s1. The minimum Gasteiger partial charge on any atom is -0.319 e.